The summed E-state index contributed by atoms with van der Waals surface area (Å²) in [5, 5.41) is 12.1. The first-order valence-corrected chi connectivity index (χ1v) is 15.8. The van der Waals surface area contributed by atoms with Gasteiger partial charge in [0.1, 0.15) is 5.82 Å². The van der Waals surface area contributed by atoms with Crippen LogP contribution in [0.2, 0.25) is 5.02 Å². The summed E-state index contributed by atoms with van der Waals surface area (Å²) in [6, 6.07) is 13.5. The number of ether oxygens (including phenoxy) is 2. The van der Waals surface area contributed by atoms with Crippen LogP contribution in [0.15, 0.2) is 72.3 Å². The van der Waals surface area contributed by atoms with Crippen LogP contribution in [0.4, 0.5) is 14.9 Å². The van der Waals surface area contributed by atoms with Crippen molar-refractivity contribution in [2.24, 2.45) is 29.4 Å². The number of rotatable bonds is 6. The Labute approximate surface area is 284 Å². The highest BCUT2D eigenvalue weighted by Gasteiger charge is 2.70. The molecule has 3 aromatic rings. The van der Waals surface area contributed by atoms with E-state index in [1.807, 2.05) is 0 Å². The molecule has 0 unspecified atom stereocenters. The van der Waals surface area contributed by atoms with Gasteiger partial charge in [0, 0.05) is 10.9 Å². The molecule has 0 radical (unpaired) electrons. The van der Waals surface area contributed by atoms with E-state index in [2.05, 4.69) is 5.43 Å². The molecule has 14 heteroatoms. The third kappa shape index (κ3) is 4.59. The van der Waals surface area contributed by atoms with Crippen LogP contribution in [0.5, 0.6) is 17.2 Å². The van der Waals surface area contributed by atoms with Crippen molar-refractivity contribution in [1.82, 2.24) is 9.91 Å². The maximum absolute atomic E-state index is 15.2. The Morgan fingerprint density at radius 3 is 2.18 bits per heavy atom. The van der Waals surface area contributed by atoms with Gasteiger partial charge in [-0.25, -0.2) is 9.18 Å². The number of methoxy groups -OCH3 is 2. The van der Waals surface area contributed by atoms with Crippen LogP contribution in [0, 0.1) is 29.5 Å². The number of imide groups is 4. The number of primary amides is 1. The topological polar surface area (TPSA) is 169 Å². The molecule has 0 aromatic heterocycles. The summed E-state index contributed by atoms with van der Waals surface area (Å²) >= 11 is 6.31. The second-order valence-electron chi connectivity index (χ2n) is 12.5. The summed E-state index contributed by atoms with van der Waals surface area (Å²) in [7, 11) is 2.70. The Morgan fingerprint density at radius 2 is 1.59 bits per heavy atom. The zero-order valence-electron chi connectivity index (χ0n) is 26.2. The maximum atomic E-state index is 15.2. The molecule has 0 bridgehead atoms. The number of anilines is 1. The van der Waals surface area contributed by atoms with Crippen LogP contribution < -0.4 is 20.6 Å². The van der Waals surface area contributed by atoms with Gasteiger partial charge in [0.15, 0.2) is 11.5 Å². The lowest BCUT2D eigenvalue weighted by Gasteiger charge is -2.50. The number of phenols is 1. The number of carbonyl (C=O) groups excluding carboxylic acids is 5. The average molecular weight is 689 g/mol. The molecule has 2 aliphatic heterocycles. The van der Waals surface area contributed by atoms with Gasteiger partial charge >= 0.3 is 6.03 Å². The molecule has 7 rings (SSSR count). The molecule has 2 saturated heterocycles. The van der Waals surface area contributed by atoms with Crippen LogP contribution in [0.25, 0.3) is 0 Å². The van der Waals surface area contributed by atoms with E-state index < -0.39 is 70.5 Å². The summed E-state index contributed by atoms with van der Waals surface area (Å²) < 4.78 is 24.8. The Bertz CT molecular complexity index is 1940. The first kappa shape index (κ1) is 32.1. The number of halogens is 2. The van der Waals surface area contributed by atoms with Crippen LogP contribution in [0.1, 0.15) is 29.9 Å². The number of fused-ring (bicyclic) bond motifs is 4. The number of phenolic OH excluding ortho intramolecular Hbond substituents is 1. The Hall–Kier alpha value is -5.43. The van der Waals surface area contributed by atoms with Crippen molar-refractivity contribution in [3.05, 3.63) is 94.3 Å². The first-order valence-electron chi connectivity index (χ1n) is 15.4. The van der Waals surface area contributed by atoms with Crippen LogP contribution in [-0.2, 0) is 24.6 Å². The zero-order chi connectivity index (χ0) is 34.9. The second kappa shape index (κ2) is 11.6. The summed E-state index contributed by atoms with van der Waals surface area (Å²) in [6.07, 6.45) is 1.81. The lowest BCUT2D eigenvalue weighted by molar-refractivity contribution is -0.139. The quantitative estimate of drug-likeness (QED) is 0.253. The molecular weight excluding hydrogens is 659 g/mol. The summed E-state index contributed by atoms with van der Waals surface area (Å²) in [5.74, 6) is -8.34. The smallest absolute Gasteiger partial charge is 0.328 e. The number of allylic oxidation sites excluding steroid dienone is 2. The van der Waals surface area contributed by atoms with Gasteiger partial charge in [-0.15, -0.1) is 0 Å². The van der Waals surface area contributed by atoms with Crippen molar-refractivity contribution < 1.29 is 42.9 Å². The highest BCUT2D eigenvalue weighted by molar-refractivity contribution is 6.30. The van der Waals surface area contributed by atoms with Crippen molar-refractivity contribution in [3.63, 3.8) is 0 Å². The van der Waals surface area contributed by atoms with Gasteiger partial charge in [0.05, 0.1) is 43.1 Å². The predicted octanol–water partition coefficient (Wildman–Crippen LogP) is 4.27. The number of hydrazine groups is 1. The van der Waals surface area contributed by atoms with Crippen molar-refractivity contribution in [2.75, 3.05) is 19.6 Å². The number of nitrogens with one attached hydrogen (secondary N) is 1. The van der Waals surface area contributed by atoms with Crippen LogP contribution in [-0.4, -0.2) is 58.9 Å². The van der Waals surface area contributed by atoms with E-state index >= 15 is 4.79 Å². The maximum Gasteiger partial charge on any atom is 0.328 e. The van der Waals surface area contributed by atoms with E-state index in [-0.39, 0.29) is 35.8 Å². The normalized spacial score (nSPS) is 27.3. The first-order chi connectivity index (χ1) is 23.4. The van der Waals surface area contributed by atoms with Crippen molar-refractivity contribution in [2.45, 2.75) is 24.2 Å². The lowest BCUT2D eigenvalue weighted by Crippen LogP contribution is -2.53. The highest BCUT2D eigenvalue weighted by Crippen LogP contribution is 2.64. The summed E-state index contributed by atoms with van der Waals surface area (Å²) in [4.78, 5) is 69.6. The third-order valence-corrected chi connectivity index (χ3v) is 10.6. The van der Waals surface area contributed by atoms with Crippen molar-refractivity contribution >= 4 is 46.9 Å². The van der Waals surface area contributed by atoms with Gasteiger partial charge < -0.3 is 20.3 Å². The van der Waals surface area contributed by atoms with Crippen LogP contribution in [0.3, 0.4) is 0 Å². The minimum Gasteiger partial charge on any atom is -0.502 e. The predicted molar refractivity (Wildman–Crippen MR) is 172 cm³/mol. The van der Waals surface area contributed by atoms with Crippen molar-refractivity contribution in [3.8, 4) is 17.2 Å². The van der Waals surface area contributed by atoms with E-state index in [0.29, 0.717) is 26.6 Å². The molecule has 2 heterocycles. The number of nitrogens with two attached hydrogens (primary N) is 1. The molecular formula is C35H30ClFN4O8. The monoisotopic (exact) mass is 688 g/mol. The van der Waals surface area contributed by atoms with E-state index in [1.165, 1.54) is 50.6 Å². The van der Waals surface area contributed by atoms with Gasteiger partial charge in [-0.3, -0.25) is 24.6 Å². The van der Waals surface area contributed by atoms with E-state index in [4.69, 9.17) is 26.8 Å². The Kier molecular flexibility index (Phi) is 7.62. The molecule has 12 nitrogen and oxygen atoms in total. The average Bonchev–Trinajstić information content (AvgIpc) is 3.47. The number of benzene rings is 3. The molecule has 49 heavy (non-hydrogen) atoms. The molecule has 3 fully saturated rings. The van der Waals surface area contributed by atoms with Gasteiger partial charge in [0.2, 0.25) is 17.6 Å². The number of urea groups is 1. The van der Waals surface area contributed by atoms with Gasteiger partial charge in [-0.05, 0) is 78.4 Å². The number of nitrogens with zero attached hydrogens (tertiary/aromatic N) is 2. The third-order valence-electron chi connectivity index (χ3n) is 10.3. The highest BCUT2D eigenvalue weighted by atomic mass is 35.5. The van der Waals surface area contributed by atoms with Crippen molar-refractivity contribution in [1.29, 1.82) is 0 Å². The molecule has 252 valence electrons. The van der Waals surface area contributed by atoms with E-state index in [9.17, 15) is 28.7 Å². The zero-order valence-corrected chi connectivity index (χ0v) is 26.9. The van der Waals surface area contributed by atoms with Gasteiger partial charge in [-0.1, -0.05) is 35.4 Å². The molecule has 6 amide bonds. The molecule has 0 spiro atoms. The molecule has 3 aromatic carbocycles. The fourth-order valence-corrected chi connectivity index (χ4v) is 8.45. The summed E-state index contributed by atoms with van der Waals surface area (Å²) in [5.41, 5.74) is 8.35. The van der Waals surface area contributed by atoms with E-state index in [0.717, 1.165) is 5.01 Å². The number of hydrogen-bond acceptors (Lipinski definition) is 9. The Morgan fingerprint density at radius 1 is 0.959 bits per heavy atom. The molecule has 4 aliphatic rings. The van der Waals surface area contributed by atoms with Gasteiger partial charge in [0.25, 0.3) is 11.8 Å². The number of hydrogen-bond donors (Lipinski definition) is 3. The SMILES string of the molecule is COc1cc([C@H]2C3=CC[C@@H]4C(=O)N(C(N)=O)C(=O)[C@@H]4[C@@H]3C[C@H]3C(=O)N(Nc4ccc(F)cc4)C(=O)[C@@]23c2ccc(Cl)cc2)cc(OC)c1O. The molecule has 2 aliphatic carbocycles. The minimum atomic E-state index is -1.67. The fraction of sp³-hybridized carbons (Fsp3) is 0.286. The minimum absolute atomic E-state index is 0.0265. The van der Waals surface area contributed by atoms with Gasteiger partial charge in [-0.2, -0.15) is 9.91 Å². The Balaban J connectivity index is 1.50. The molecule has 6 atom stereocenters. The number of carbonyl (C=O) groups is 5. The standard InChI is InChI=1S/C35H30ClFN4O8/c1-48-25-13-16(14-26(49-2)29(25)42)28-21-11-12-22-27(32(45)40(30(22)43)34(38)47)23(21)15-24-31(44)41(39-20-9-7-19(37)8-10-20)33(46)35(24,28)17-3-5-18(36)6-4-17/h3-11,13-14,22-24,27-28,39,42H,12,15H2,1-2H3,(H2,38,47)/t22-,23+,24-,27-,28-,35+/m0/s1. The number of amides is 6. The molecule has 1 saturated carbocycles. The fourth-order valence-electron chi connectivity index (χ4n) is 8.33. The second-order valence-corrected chi connectivity index (χ2v) is 12.9. The van der Waals surface area contributed by atoms with E-state index in [1.54, 1.807) is 30.3 Å². The number of likely N-dealkylation sites (tertiary alicyclic amines) is 1. The summed E-state index contributed by atoms with van der Waals surface area (Å²) in [6.45, 7) is 0. The largest absolute Gasteiger partial charge is 0.502 e. The molecule has 4 N–H and O–H groups in total. The van der Waals surface area contributed by atoms with Crippen LogP contribution >= 0.6 is 11.6 Å². The number of aromatic hydroxyl groups is 1. The lowest BCUT2D eigenvalue weighted by atomic mass is 9.49.